The number of anilines is 2. The molecule has 0 aliphatic heterocycles. The third kappa shape index (κ3) is 5.73. The molecule has 0 aliphatic rings. The van der Waals surface area contributed by atoms with Crippen LogP contribution in [-0.4, -0.2) is 37.1 Å². The smallest absolute Gasteiger partial charge is 0.291 e. The zero-order valence-corrected chi connectivity index (χ0v) is 22.4. The molecule has 12 nitrogen and oxygen atoms in total. The van der Waals surface area contributed by atoms with Gasteiger partial charge in [-0.05, 0) is 45.7 Å². The minimum atomic E-state index is -3.69. The minimum absolute atomic E-state index is 0.0200. The number of aromatic nitrogens is 4. The predicted octanol–water partition coefficient (Wildman–Crippen LogP) is 4.01. The lowest BCUT2D eigenvalue weighted by molar-refractivity contribution is 0.430. The van der Waals surface area contributed by atoms with Crippen LogP contribution in [0.4, 0.5) is 11.8 Å². The summed E-state index contributed by atoms with van der Waals surface area (Å²) in [7, 11) is -7.37. The topological polar surface area (TPSA) is 170 Å². The van der Waals surface area contributed by atoms with Crippen molar-refractivity contribution in [2.24, 2.45) is 0 Å². The lowest BCUT2D eigenvalue weighted by Gasteiger charge is -2.00. The van der Waals surface area contributed by atoms with Crippen molar-refractivity contribution in [3.63, 3.8) is 0 Å². The maximum absolute atomic E-state index is 11.8. The largest absolute Gasteiger partial charge is 0.336 e. The van der Waals surface area contributed by atoms with Gasteiger partial charge in [-0.2, -0.15) is 16.8 Å². The van der Waals surface area contributed by atoms with Crippen LogP contribution in [0.2, 0.25) is 0 Å². The van der Waals surface area contributed by atoms with Crippen molar-refractivity contribution in [1.82, 2.24) is 20.3 Å². The summed E-state index contributed by atoms with van der Waals surface area (Å²) in [5.41, 5.74) is 1.13. The standard InChI is InChI=1S/2C7H6BrN3O3S2/c2*1-4-5(8)6(14-10-4)11-16(12,13)7-9-2-3-15-7/h2*2-3,11H,1H3. The van der Waals surface area contributed by atoms with Crippen molar-refractivity contribution in [3.8, 4) is 0 Å². The molecule has 0 atom stereocenters. The van der Waals surface area contributed by atoms with Crippen molar-refractivity contribution in [2.45, 2.75) is 22.5 Å². The highest BCUT2D eigenvalue weighted by Gasteiger charge is 2.22. The molecule has 0 bridgehead atoms. The van der Waals surface area contributed by atoms with Gasteiger partial charge in [0, 0.05) is 23.2 Å². The van der Waals surface area contributed by atoms with E-state index in [0.717, 1.165) is 22.7 Å². The summed E-state index contributed by atoms with van der Waals surface area (Å²) in [6, 6.07) is 0. The van der Waals surface area contributed by atoms with E-state index in [4.69, 9.17) is 9.05 Å². The molecule has 4 aromatic rings. The first-order chi connectivity index (χ1) is 15.0. The van der Waals surface area contributed by atoms with E-state index in [1.54, 1.807) is 24.6 Å². The van der Waals surface area contributed by atoms with Crippen molar-refractivity contribution in [3.05, 3.63) is 43.5 Å². The number of nitrogens with zero attached hydrogens (tertiary/aromatic N) is 4. The van der Waals surface area contributed by atoms with E-state index < -0.39 is 20.0 Å². The highest BCUT2D eigenvalue weighted by Crippen LogP contribution is 2.29. The molecule has 0 aromatic carbocycles. The summed E-state index contributed by atoms with van der Waals surface area (Å²) in [6.45, 7) is 3.38. The van der Waals surface area contributed by atoms with Crippen molar-refractivity contribution >= 4 is 86.3 Å². The van der Waals surface area contributed by atoms with E-state index >= 15 is 0 Å². The molecule has 0 radical (unpaired) electrons. The first-order valence-corrected chi connectivity index (χ1v) is 14.4. The van der Waals surface area contributed by atoms with Crippen LogP contribution >= 0.6 is 54.5 Å². The van der Waals surface area contributed by atoms with Crippen LogP contribution in [-0.2, 0) is 20.0 Å². The van der Waals surface area contributed by atoms with Crippen molar-refractivity contribution in [1.29, 1.82) is 0 Å². The van der Waals surface area contributed by atoms with E-state index in [1.165, 1.54) is 12.4 Å². The van der Waals surface area contributed by atoms with Crippen LogP contribution in [0, 0.1) is 13.8 Å². The molecule has 0 spiro atoms. The molecule has 0 aliphatic carbocycles. The Kier molecular flexibility index (Phi) is 7.71. The highest BCUT2D eigenvalue weighted by atomic mass is 79.9. The van der Waals surface area contributed by atoms with Gasteiger partial charge in [0.1, 0.15) is 8.95 Å². The Balaban J connectivity index is 0.000000181. The second-order valence-electron chi connectivity index (χ2n) is 5.63. The lowest BCUT2D eigenvalue weighted by atomic mass is 10.5. The number of thiazole rings is 2. The van der Waals surface area contributed by atoms with Gasteiger partial charge in [0.25, 0.3) is 31.8 Å². The Morgan fingerprint density at radius 1 is 0.781 bits per heavy atom. The van der Waals surface area contributed by atoms with E-state index in [1.807, 2.05) is 0 Å². The summed E-state index contributed by atoms with van der Waals surface area (Å²) in [4.78, 5) is 7.42. The van der Waals surface area contributed by atoms with Gasteiger partial charge in [0.15, 0.2) is 0 Å². The average Bonchev–Trinajstić information content (AvgIpc) is 3.53. The first-order valence-electron chi connectivity index (χ1n) is 8.09. The van der Waals surface area contributed by atoms with Gasteiger partial charge in [-0.1, -0.05) is 10.3 Å². The number of hydrogen-bond donors (Lipinski definition) is 2. The van der Waals surface area contributed by atoms with Crippen LogP contribution in [0.3, 0.4) is 0 Å². The second kappa shape index (κ2) is 9.96. The molecule has 172 valence electrons. The van der Waals surface area contributed by atoms with Gasteiger partial charge in [0.2, 0.25) is 8.68 Å². The summed E-state index contributed by atoms with van der Waals surface area (Å²) in [6.07, 6.45) is 2.83. The van der Waals surface area contributed by atoms with Crippen LogP contribution in [0.15, 0.2) is 49.8 Å². The van der Waals surface area contributed by atoms with Gasteiger partial charge in [0.05, 0.1) is 11.4 Å². The quantitative estimate of drug-likeness (QED) is 0.312. The summed E-state index contributed by atoms with van der Waals surface area (Å²) < 4.78 is 62.1. The fourth-order valence-corrected chi connectivity index (χ4v) is 6.27. The SMILES string of the molecule is Cc1noc(NS(=O)(=O)c2nccs2)c1Br.Cc1noc(NS(=O)(=O)c2nccs2)c1Br. The Labute approximate surface area is 206 Å². The molecule has 4 aromatic heterocycles. The van der Waals surface area contributed by atoms with E-state index in [9.17, 15) is 16.8 Å². The fraction of sp³-hybridized carbons (Fsp3) is 0.143. The number of hydrogen-bond acceptors (Lipinski definition) is 12. The molecule has 4 heterocycles. The average molecular weight is 648 g/mol. The zero-order chi connectivity index (χ0) is 23.5. The Morgan fingerprint density at radius 2 is 1.16 bits per heavy atom. The van der Waals surface area contributed by atoms with Crippen LogP contribution in [0.1, 0.15) is 11.4 Å². The lowest BCUT2D eigenvalue weighted by Crippen LogP contribution is -2.12. The van der Waals surface area contributed by atoms with Crippen LogP contribution in [0.5, 0.6) is 0 Å². The molecule has 0 amide bonds. The van der Waals surface area contributed by atoms with E-state index in [2.05, 4.69) is 61.6 Å². The molecule has 32 heavy (non-hydrogen) atoms. The molecule has 0 saturated heterocycles. The van der Waals surface area contributed by atoms with Gasteiger partial charge >= 0.3 is 0 Å². The molecule has 0 saturated carbocycles. The number of rotatable bonds is 6. The predicted molar refractivity (Wildman–Crippen MR) is 124 cm³/mol. The van der Waals surface area contributed by atoms with E-state index in [0.29, 0.717) is 20.3 Å². The molecule has 4 rings (SSSR count). The number of aryl methyl sites for hydroxylation is 2. The normalized spacial score (nSPS) is 11.6. The number of sulfonamides is 2. The molecule has 0 fully saturated rings. The van der Waals surface area contributed by atoms with Gasteiger partial charge in [-0.25, -0.2) is 19.4 Å². The third-order valence-corrected chi connectivity index (χ3v) is 10.2. The van der Waals surface area contributed by atoms with Crippen LogP contribution < -0.4 is 9.44 Å². The maximum Gasteiger partial charge on any atom is 0.291 e. The molecular weight excluding hydrogens is 636 g/mol. The Hall–Kier alpha value is -1.86. The second-order valence-corrected chi connectivity index (χ2v) is 12.7. The van der Waals surface area contributed by atoms with E-state index in [-0.39, 0.29) is 20.4 Å². The van der Waals surface area contributed by atoms with Gasteiger partial charge in [-0.3, -0.25) is 0 Å². The third-order valence-electron chi connectivity index (χ3n) is 3.31. The first kappa shape index (κ1) is 24.8. The Bertz CT molecular complexity index is 1290. The van der Waals surface area contributed by atoms with Crippen molar-refractivity contribution in [2.75, 3.05) is 9.44 Å². The summed E-state index contributed by atoms with van der Waals surface area (Å²) in [5.74, 6) is 0.0976. The monoisotopic (exact) mass is 646 g/mol. The molecule has 2 N–H and O–H groups in total. The van der Waals surface area contributed by atoms with Gasteiger partial charge < -0.3 is 9.05 Å². The molecule has 18 heteroatoms. The van der Waals surface area contributed by atoms with Crippen LogP contribution in [0.25, 0.3) is 0 Å². The molecule has 0 unspecified atom stereocenters. The zero-order valence-electron chi connectivity index (χ0n) is 15.9. The molecular formula is C14H12Br2N6O6S4. The van der Waals surface area contributed by atoms with Gasteiger partial charge in [-0.15, -0.1) is 22.7 Å². The fourth-order valence-electron chi connectivity index (χ4n) is 1.86. The maximum atomic E-state index is 11.8. The highest BCUT2D eigenvalue weighted by molar-refractivity contribution is 9.11. The summed E-state index contributed by atoms with van der Waals surface area (Å²) in [5, 5.41) is 10.4. The Morgan fingerprint density at radius 3 is 1.41 bits per heavy atom. The minimum Gasteiger partial charge on any atom is -0.336 e. The number of nitrogens with one attached hydrogen (secondary N) is 2. The summed E-state index contributed by atoms with van der Waals surface area (Å²) >= 11 is 8.38. The number of halogens is 2. The van der Waals surface area contributed by atoms with Crippen molar-refractivity contribution < 1.29 is 25.9 Å².